The number of carbonyl (C=O) groups is 2. The molecule has 0 N–H and O–H groups in total. The summed E-state index contributed by atoms with van der Waals surface area (Å²) in [6, 6.07) is 3.19. The largest absolute Gasteiger partial charge is 0.339 e. The molecule has 2 aliphatic rings. The third kappa shape index (κ3) is 4.22. The van der Waals surface area contributed by atoms with E-state index in [-0.39, 0.29) is 17.5 Å². The zero-order valence-electron chi connectivity index (χ0n) is 15.9. The number of benzene rings is 1. The van der Waals surface area contributed by atoms with Crippen LogP contribution in [0.2, 0.25) is 0 Å². The number of rotatable bonds is 3. The Bertz CT molecular complexity index is 860. The van der Waals surface area contributed by atoms with Gasteiger partial charge in [-0.2, -0.15) is 5.26 Å². The first-order valence-corrected chi connectivity index (χ1v) is 9.56. The maximum absolute atomic E-state index is 13.7. The third-order valence-electron chi connectivity index (χ3n) is 5.40. The van der Waals surface area contributed by atoms with E-state index < -0.39 is 23.1 Å². The summed E-state index contributed by atoms with van der Waals surface area (Å²) >= 11 is 0. The highest BCUT2D eigenvalue weighted by Crippen LogP contribution is 2.23. The first kappa shape index (κ1) is 20.0. The Hall–Kier alpha value is -2.75. The molecule has 1 aromatic rings. The lowest BCUT2D eigenvalue weighted by atomic mass is 9.96. The number of nitrogens with zero attached hydrogens (tertiary/aromatic N) is 3. The molecule has 1 heterocycles. The number of allylic oxidation sites excluding steroid dienone is 1. The molecule has 0 spiro atoms. The van der Waals surface area contributed by atoms with Gasteiger partial charge in [-0.1, -0.05) is 11.6 Å². The maximum Gasteiger partial charge on any atom is 0.254 e. The fraction of sp³-hybridized carbons (Fsp3) is 0.476. The molecule has 28 heavy (non-hydrogen) atoms. The summed E-state index contributed by atoms with van der Waals surface area (Å²) in [5, 5.41) is 8.91. The number of piperazine rings is 1. The minimum Gasteiger partial charge on any atom is -0.339 e. The summed E-state index contributed by atoms with van der Waals surface area (Å²) in [4.78, 5) is 28.6. The molecular formula is C21H23F2N3O2. The van der Waals surface area contributed by atoms with Crippen LogP contribution in [0.4, 0.5) is 8.78 Å². The van der Waals surface area contributed by atoms with E-state index in [0.29, 0.717) is 26.1 Å². The summed E-state index contributed by atoms with van der Waals surface area (Å²) in [5.74, 6) is -2.87. The molecular weight excluding hydrogens is 364 g/mol. The molecule has 0 unspecified atom stereocenters. The van der Waals surface area contributed by atoms with Gasteiger partial charge in [0.1, 0.15) is 6.07 Å². The van der Waals surface area contributed by atoms with Crippen molar-refractivity contribution >= 4 is 11.8 Å². The van der Waals surface area contributed by atoms with Gasteiger partial charge >= 0.3 is 0 Å². The normalized spacial score (nSPS) is 19.8. The SMILES string of the molecule is C[C@@H]1CN(C(=O)CC2=CCCCC2)CCN1C(=O)c1cc(F)c(F)c(C#N)c1. The van der Waals surface area contributed by atoms with E-state index in [0.717, 1.165) is 31.4 Å². The molecule has 3 rings (SSSR count). The van der Waals surface area contributed by atoms with E-state index in [1.165, 1.54) is 16.9 Å². The highest BCUT2D eigenvalue weighted by atomic mass is 19.2. The van der Waals surface area contributed by atoms with Gasteiger partial charge in [0.05, 0.1) is 5.56 Å². The number of hydrogen-bond donors (Lipinski definition) is 0. The fourth-order valence-electron chi connectivity index (χ4n) is 3.82. The van der Waals surface area contributed by atoms with Crippen molar-refractivity contribution in [2.24, 2.45) is 0 Å². The van der Waals surface area contributed by atoms with Gasteiger partial charge < -0.3 is 9.80 Å². The molecule has 1 aromatic carbocycles. The molecule has 0 aromatic heterocycles. The van der Waals surface area contributed by atoms with Crippen molar-refractivity contribution < 1.29 is 18.4 Å². The number of halogens is 2. The summed E-state index contributed by atoms with van der Waals surface area (Å²) in [5.41, 5.74) is 0.633. The summed E-state index contributed by atoms with van der Waals surface area (Å²) in [6.07, 6.45) is 6.87. The van der Waals surface area contributed by atoms with Crippen molar-refractivity contribution in [3.63, 3.8) is 0 Å². The zero-order chi connectivity index (χ0) is 20.3. The smallest absolute Gasteiger partial charge is 0.254 e. The second kappa shape index (κ2) is 8.51. The first-order chi connectivity index (χ1) is 13.4. The van der Waals surface area contributed by atoms with E-state index in [1.54, 1.807) is 11.0 Å². The van der Waals surface area contributed by atoms with Gasteiger partial charge in [-0.15, -0.1) is 0 Å². The predicted molar refractivity (Wildman–Crippen MR) is 99.3 cm³/mol. The van der Waals surface area contributed by atoms with Crippen molar-refractivity contribution in [1.29, 1.82) is 5.26 Å². The third-order valence-corrected chi connectivity index (χ3v) is 5.40. The summed E-state index contributed by atoms with van der Waals surface area (Å²) < 4.78 is 27.2. The van der Waals surface area contributed by atoms with Gasteiger partial charge in [-0.05, 0) is 44.7 Å². The first-order valence-electron chi connectivity index (χ1n) is 9.56. The van der Waals surface area contributed by atoms with Crippen LogP contribution in [0.25, 0.3) is 0 Å². The van der Waals surface area contributed by atoms with Gasteiger partial charge in [0.15, 0.2) is 11.6 Å². The van der Waals surface area contributed by atoms with Crippen LogP contribution in [0, 0.1) is 23.0 Å². The van der Waals surface area contributed by atoms with Gasteiger partial charge in [0.2, 0.25) is 5.91 Å². The van der Waals surface area contributed by atoms with Gasteiger partial charge in [0, 0.05) is 37.7 Å². The Kier molecular flexibility index (Phi) is 6.08. The second-order valence-corrected chi connectivity index (χ2v) is 7.40. The van der Waals surface area contributed by atoms with Gasteiger partial charge in [-0.3, -0.25) is 9.59 Å². The molecule has 7 heteroatoms. The molecule has 0 saturated carbocycles. The topological polar surface area (TPSA) is 64.4 Å². The lowest BCUT2D eigenvalue weighted by molar-refractivity contribution is -0.132. The average molecular weight is 387 g/mol. The zero-order valence-corrected chi connectivity index (χ0v) is 15.9. The van der Waals surface area contributed by atoms with Crippen molar-refractivity contribution in [2.75, 3.05) is 19.6 Å². The second-order valence-electron chi connectivity index (χ2n) is 7.40. The molecule has 1 aliphatic carbocycles. The van der Waals surface area contributed by atoms with Crippen molar-refractivity contribution in [3.8, 4) is 6.07 Å². The van der Waals surface area contributed by atoms with Gasteiger partial charge in [-0.25, -0.2) is 8.78 Å². The van der Waals surface area contributed by atoms with Crippen LogP contribution in [0.15, 0.2) is 23.8 Å². The highest BCUT2D eigenvalue weighted by molar-refractivity contribution is 5.95. The molecule has 2 amide bonds. The van der Waals surface area contributed by atoms with Gasteiger partial charge in [0.25, 0.3) is 5.91 Å². The Labute approximate surface area is 163 Å². The lowest BCUT2D eigenvalue weighted by Gasteiger charge is -2.40. The minimum atomic E-state index is -1.25. The number of amides is 2. The summed E-state index contributed by atoms with van der Waals surface area (Å²) in [7, 11) is 0. The Morgan fingerprint density at radius 2 is 2.04 bits per heavy atom. The van der Waals surface area contributed by atoms with Crippen LogP contribution >= 0.6 is 0 Å². The Morgan fingerprint density at radius 3 is 2.68 bits per heavy atom. The van der Waals surface area contributed by atoms with E-state index in [4.69, 9.17) is 5.26 Å². The van der Waals surface area contributed by atoms with Crippen molar-refractivity contribution in [1.82, 2.24) is 9.80 Å². The van der Waals surface area contributed by atoms with E-state index in [9.17, 15) is 18.4 Å². The van der Waals surface area contributed by atoms with Crippen LogP contribution in [-0.4, -0.2) is 47.3 Å². The highest BCUT2D eigenvalue weighted by Gasteiger charge is 2.31. The van der Waals surface area contributed by atoms with Crippen molar-refractivity contribution in [2.45, 2.75) is 45.1 Å². The van der Waals surface area contributed by atoms with Crippen LogP contribution in [0.5, 0.6) is 0 Å². The molecule has 1 atom stereocenters. The number of hydrogen-bond acceptors (Lipinski definition) is 3. The number of nitriles is 1. The minimum absolute atomic E-state index is 0.0607. The molecule has 0 bridgehead atoms. The standard InChI is InChI=1S/C21H23F2N3O2/c1-14-13-25(19(27)9-15-5-3-2-4-6-15)7-8-26(14)21(28)16-10-17(12-24)20(23)18(22)11-16/h5,10-11,14H,2-4,6-9,13H2,1H3/t14-/m1/s1. The molecule has 0 radical (unpaired) electrons. The van der Waals surface area contributed by atoms with Crippen LogP contribution < -0.4 is 0 Å². The molecule has 148 valence electrons. The van der Waals surface area contributed by atoms with E-state index in [2.05, 4.69) is 6.08 Å². The van der Waals surface area contributed by atoms with Crippen LogP contribution in [0.1, 0.15) is 54.9 Å². The molecule has 1 saturated heterocycles. The number of carbonyl (C=O) groups excluding carboxylic acids is 2. The Balaban J connectivity index is 1.66. The molecule has 1 fully saturated rings. The predicted octanol–water partition coefficient (Wildman–Crippen LogP) is 3.40. The van der Waals surface area contributed by atoms with Crippen molar-refractivity contribution in [3.05, 3.63) is 46.5 Å². The molecule has 5 nitrogen and oxygen atoms in total. The van der Waals surface area contributed by atoms with Crippen LogP contribution in [-0.2, 0) is 4.79 Å². The maximum atomic E-state index is 13.7. The van der Waals surface area contributed by atoms with Crippen LogP contribution in [0.3, 0.4) is 0 Å². The quantitative estimate of drug-likeness (QED) is 0.747. The Morgan fingerprint density at radius 1 is 1.25 bits per heavy atom. The fourth-order valence-corrected chi connectivity index (χ4v) is 3.82. The molecule has 1 aliphatic heterocycles. The average Bonchev–Trinajstić information content (AvgIpc) is 2.70. The summed E-state index contributed by atoms with van der Waals surface area (Å²) in [6.45, 7) is 2.93. The van der Waals surface area contributed by atoms with E-state index >= 15 is 0 Å². The monoisotopic (exact) mass is 387 g/mol. The lowest BCUT2D eigenvalue weighted by Crippen LogP contribution is -2.55. The van der Waals surface area contributed by atoms with E-state index in [1.807, 2.05) is 6.92 Å².